The maximum Gasteiger partial charge on any atom is 0.263 e. The molecule has 3 aliphatic rings. The molecule has 2 saturated carbocycles. The quantitative estimate of drug-likeness (QED) is 0.303. The highest BCUT2D eigenvalue weighted by molar-refractivity contribution is 14.1. The van der Waals surface area contributed by atoms with Crippen LogP contribution in [0, 0.1) is 17.8 Å². The maximum absolute atomic E-state index is 12.7. The summed E-state index contributed by atoms with van der Waals surface area (Å²) < 4.78 is 32.8. The zero-order chi connectivity index (χ0) is 19.5. The molecule has 0 spiro atoms. The molecule has 0 radical (unpaired) electrons. The van der Waals surface area contributed by atoms with Gasteiger partial charge in [0.25, 0.3) is 6.43 Å². The first-order valence-electron chi connectivity index (χ1n) is 11.2. The summed E-state index contributed by atoms with van der Waals surface area (Å²) in [4.78, 5) is 0. The van der Waals surface area contributed by atoms with Gasteiger partial charge in [0.2, 0.25) is 0 Å². The van der Waals surface area contributed by atoms with Gasteiger partial charge in [-0.3, -0.25) is 0 Å². The molecular weight excluding hydrogens is 469 g/mol. The minimum atomic E-state index is -2.37. The Morgan fingerprint density at radius 1 is 0.750 bits per heavy atom. The third-order valence-electron chi connectivity index (χ3n) is 7.67. The summed E-state index contributed by atoms with van der Waals surface area (Å²) in [6.07, 6.45) is 11.1. The average molecular weight is 502 g/mol. The van der Waals surface area contributed by atoms with Gasteiger partial charge in [0, 0.05) is 9.49 Å². The fourth-order valence-corrected chi connectivity index (χ4v) is 6.54. The highest BCUT2D eigenvalue weighted by Crippen LogP contribution is 2.43. The predicted molar refractivity (Wildman–Crippen MR) is 118 cm³/mol. The molecule has 2 unspecified atom stereocenters. The van der Waals surface area contributed by atoms with Gasteiger partial charge in [-0.15, -0.1) is 0 Å². The lowest BCUT2D eigenvalue weighted by molar-refractivity contribution is -0.0709. The summed E-state index contributed by atoms with van der Waals surface area (Å²) >= 11 is 2.62. The Balaban J connectivity index is 1.22. The van der Waals surface area contributed by atoms with Crippen LogP contribution in [0.3, 0.4) is 0 Å². The third kappa shape index (κ3) is 5.08. The molecule has 3 fully saturated rings. The third-order valence-corrected chi connectivity index (χ3v) is 8.92. The monoisotopic (exact) mass is 502 g/mol. The molecular formula is C24H33F2IO. The molecule has 1 aromatic carbocycles. The topological polar surface area (TPSA) is 9.23 Å². The van der Waals surface area contributed by atoms with Crippen LogP contribution in [0.1, 0.15) is 87.7 Å². The number of benzene rings is 1. The van der Waals surface area contributed by atoms with E-state index in [0.717, 1.165) is 22.4 Å². The van der Waals surface area contributed by atoms with Gasteiger partial charge in [0.1, 0.15) is 0 Å². The number of hydrogen-bond donors (Lipinski definition) is 0. The van der Waals surface area contributed by atoms with Crippen molar-refractivity contribution in [3.8, 4) is 0 Å². The summed E-state index contributed by atoms with van der Waals surface area (Å²) in [5, 5.41) is 0. The Morgan fingerprint density at radius 3 is 1.93 bits per heavy atom. The Labute approximate surface area is 182 Å². The standard InChI is InChI=1S/C24H33F2IO/c25-24(26)20-7-3-17(4-8-20)16-1-5-19(6-2-16)23-14-11-21(15-28-23)18-9-12-22(27)13-10-18/h3-4,7-8,16,18-19,21-24H,1-2,5-6,9-15H2. The van der Waals surface area contributed by atoms with Crippen molar-refractivity contribution in [2.45, 2.75) is 86.6 Å². The molecule has 1 nitrogen and oxygen atoms in total. The molecule has 2 atom stereocenters. The number of halogens is 3. The van der Waals surface area contributed by atoms with E-state index in [-0.39, 0.29) is 5.56 Å². The Hall–Kier alpha value is -0.230. The lowest BCUT2D eigenvalue weighted by atomic mass is 9.73. The van der Waals surface area contributed by atoms with Crippen molar-refractivity contribution >= 4 is 22.6 Å². The Morgan fingerprint density at radius 2 is 1.36 bits per heavy atom. The predicted octanol–water partition coefficient (Wildman–Crippen LogP) is 7.69. The molecule has 1 heterocycles. The lowest BCUT2D eigenvalue weighted by Gasteiger charge is -2.41. The first kappa shape index (κ1) is 21.0. The number of ether oxygens (including phenoxy) is 1. The fraction of sp³-hybridized carbons (Fsp3) is 0.750. The molecule has 2 aliphatic carbocycles. The van der Waals surface area contributed by atoms with E-state index in [1.54, 1.807) is 12.1 Å². The van der Waals surface area contributed by atoms with Crippen molar-refractivity contribution in [2.24, 2.45) is 17.8 Å². The average Bonchev–Trinajstić information content (AvgIpc) is 2.75. The summed E-state index contributed by atoms with van der Waals surface area (Å²) in [6.45, 7) is 0.982. The largest absolute Gasteiger partial charge is 0.378 e. The van der Waals surface area contributed by atoms with E-state index in [1.165, 1.54) is 69.8 Å². The second-order valence-corrected chi connectivity index (χ2v) is 11.1. The van der Waals surface area contributed by atoms with Crippen molar-refractivity contribution in [1.29, 1.82) is 0 Å². The zero-order valence-corrected chi connectivity index (χ0v) is 18.8. The number of alkyl halides is 3. The van der Waals surface area contributed by atoms with Crippen LogP contribution in [0.25, 0.3) is 0 Å². The highest BCUT2D eigenvalue weighted by atomic mass is 127. The highest BCUT2D eigenvalue weighted by Gasteiger charge is 2.35. The van der Waals surface area contributed by atoms with Gasteiger partial charge in [-0.1, -0.05) is 46.9 Å². The first-order chi connectivity index (χ1) is 13.6. The molecule has 1 aromatic rings. The molecule has 0 amide bonds. The van der Waals surface area contributed by atoms with Crippen LogP contribution >= 0.6 is 22.6 Å². The van der Waals surface area contributed by atoms with Crippen molar-refractivity contribution in [1.82, 2.24) is 0 Å². The smallest absolute Gasteiger partial charge is 0.263 e. The molecule has 0 aromatic heterocycles. The summed E-state index contributed by atoms with van der Waals surface area (Å²) in [7, 11) is 0. The van der Waals surface area contributed by atoms with Gasteiger partial charge < -0.3 is 4.74 Å². The van der Waals surface area contributed by atoms with Gasteiger partial charge in [-0.2, -0.15) is 0 Å². The van der Waals surface area contributed by atoms with Gasteiger partial charge in [-0.25, -0.2) is 8.78 Å². The van der Waals surface area contributed by atoms with Crippen LogP contribution in [0.15, 0.2) is 24.3 Å². The van der Waals surface area contributed by atoms with Crippen LogP contribution in [0.5, 0.6) is 0 Å². The molecule has 1 aliphatic heterocycles. The van der Waals surface area contributed by atoms with Gasteiger partial charge in [0.05, 0.1) is 12.7 Å². The van der Waals surface area contributed by atoms with Crippen LogP contribution in [-0.2, 0) is 4.74 Å². The van der Waals surface area contributed by atoms with Crippen molar-refractivity contribution in [2.75, 3.05) is 6.61 Å². The Bertz CT molecular complexity index is 596. The van der Waals surface area contributed by atoms with Crippen LogP contribution in [0.4, 0.5) is 8.78 Å². The minimum Gasteiger partial charge on any atom is -0.378 e. The number of rotatable bonds is 4. The zero-order valence-electron chi connectivity index (χ0n) is 16.7. The fourth-order valence-electron chi connectivity index (χ4n) is 5.82. The SMILES string of the molecule is FC(F)c1ccc(C2CCC(C3CCC(C4CCC(I)CC4)CO3)CC2)cc1. The molecule has 156 valence electrons. The second kappa shape index (κ2) is 9.72. The van der Waals surface area contributed by atoms with Gasteiger partial charge in [0.15, 0.2) is 0 Å². The van der Waals surface area contributed by atoms with E-state index >= 15 is 0 Å². The van der Waals surface area contributed by atoms with E-state index in [4.69, 9.17) is 4.74 Å². The molecule has 28 heavy (non-hydrogen) atoms. The lowest BCUT2D eigenvalue weighted by Crippen LogP contribution is -2.37. The summed E-state index contributed by atoms with van der Waals surface area (Å²) in [6, 6.07) is 7.03. The molecule has 4 heteroatoms. The molecule has 4 rings (SSSR count). The van der Waals surface area contributed by atoms with Crippen LogP contribution in [-0.4, -0.2) is 16.6 Å². The molecule has 1 saturated heterocycles. The normalized spacial score (nSPS) is 37.1. The van der Waals surface area contributed by atoms with Crippen molar-refractivity contribution in [3.63, 3.8) is 0 Å². The molecule has 0 bridgehead atoms. The van der Waals surface area contributed by atoms with Crippen LogP contribution in [0.2, 0.25) is 0 Å². The van der Waals surface area contributed by atoms with E-state index in [9.17, 15) is 8.78 Å². The summed E-state index contributed by atoms with van der Waals surface area (Å²) in [5.74, 6) is 2.93. The number of hydrogen-bond acceptors (Lipinski definition) is 1. The van der Waals surface area contributed by atoms with Crippen molar-refractivity contribution < 1.29 is 13.5 Å². The summed E-state index contributed by atoms with van der Waals surface area (Å²) in [5.41, 5.74) is 1.37. The van der Waals surface area contributed by atoms with E-state index < -0.39 is 6.43 Å². The van der Waals surface area contributed by atoms with Gasteiger partial charge >= 0.3 is 0 Å². The minimum absolute atomic E-state index is 0.134. The Kier molecular flexibility index (Phi) is 7.30. The van der Waals surface area contributed by atoms with E-state index in [1.807, 2.05) is 12.1 Å². The van der Waals surface area contributed by atoms with Crippen LogP contribution < -0.4 is 0 Å². The maximum atomic E-state index is 12.7. The van der Waals surface area contributed by atoms with E-state index in [2.05, 4.69) is 22.6 Å². The van der Waals surface area contributed by atoms with Gasteiger partial charge in [-0.05, 0) is 93.4 Å². The first-order valence-corrected chi connectivity index (χ1v) is 12.5. The second-order valence-electron chi connectivity index (χ2n) is 9.30. The molecule has 0 N–H and O–H groups in total. The van der Waals surface area contributed by atoms with E-state index in [0.29, 0.717) is 17.9 Å². The van der Waals surface area contributed by atoms with Crippen molar-refractivity contribution in [3.05, 3.63) is 35.4 Å².